The molecule has 2 amide bonds. The molecule has 3 fully saturated rings. The number of hydrogen-bond donors (Lipinski definition) is 2. The monoisotopic (exact) mass is 436 g/mol. The summed E-state index contributed by atoms with van der Waals surface area (Å²) < 4.78 is 6.37. The zero-order valence-corrected chi connectivity index (χ0v) is 18.7. The first kappa shape index (κ1) is 23.7. The Bertz CT molecular complexity index is 727. The quantitative estimate of drug-likeness (QED) is 0.357. The lowest BCUT2D eigenvalue weighted by molar-refractivity contribution is -0.156. The molecule has 2 bridgehead atoms. The molecule has 5 atom stereocenters. The van der Waals surface area contributed by atoms with Gasteiger partial charge in [0.2, 0.25) is 11.8 Å². The maximum absolute atomic E-state index is 13.8. The van der Waals surface area contributed by atoms with Gasteiger partial charge in [-0.2, -0.15) is 0 Å². The third kappa shape index (κ3) is 3.89. The second-order valence-corrected chi connectivity index (χ2v) is 9.31. The van der Waals surface area contributed by atoms with Crippen LogP contribution in [-0.4, -0.2) is 81.3 Å². The second-order valence-electron chi connectivity index (χ2n) is 9.31. The standard InChI is InChI=1S/C23H36N2O6/c1-4-6-7-13-24(12-5-2)20(28)18-23-11-10-22(3,31-23)17(21(29)30)16(23)19(27)25(18)14-8-9-15-26/h5,16-18,26H,2,4,6-15H2,1,3H3,(H,29,30)/t16-,17+,18?,22-,23?/m0/s1. The Kier molecular flexibility index (Phi) is 7.11. The van der Waals surface area contributed by atoms with Gasteiger partial charge in [0.05, 0.1) is 17.4 Å². The van der Waals surface area contributed by atoms with Crippen LogP contribution in [0.2, 0.25) is 0 Å². The molecule has 3 saturated heterocycles. The Balaban J connectivity index is 1.97. The summed E-state index contributed by atoms with van der Waals surface area (Å²) >= 11 is 0. The number of likely N-dealkylation sites (tertiary alicyclic amines) is 1. The molecule has 0 aromatic heterocycles. The zero-order valence-electron chi connectivity index (χ0n) is 18.7. The van der Waals surface area contributed by atoms with Crippen molar-refractivity contribution in [3.05, 3.63) is 12.7 Å². The van der Waals surface area contributed by atoms with E-state index in [4.69, 9.17) is 4.74 Å². The van der Waals surface area contributed by atoms with Crippen LogP contribution in [0.1, 0.15) is 58.8 Å². The Morgan fingerprint density at radius 2 is 2.03 bits per heavy atom. The summed E-state index contributed by atoms with van der Waals surface area (Å²) in [5, 5.41) is 19.1. The zero-order chi connectivity index (χ0) is 22.8. The van der Waals surface area contributed by atoms with Crippen molar-refractivity contribution in [1.82, 2.24) is 9.80 Å². The maximum Gasteiger partial charge on any atom is 0.310 e. The molecule has 8 nitrogen and oxygen atoms in total. The number of amides is 2. The molecular formula is C23H36N2O6. The van der Waals surface area contributed by atoms with Crippen molar-refractivity contribution in [3.8, 4) is 0 Å². The molecule has 8 heteroatoms. The summed E-state index contributed by atoms with van der Waals surface area (Å²) in [6, 6.07) is -0.837. The molecule has 0 aliphatic carbocycles. The maximum atomic E-state index is 13.8. The van der Waals surface area contributed by atoms with Crippen LogP contribution >= 0.6 is 0 Å². The first-order valence-electron chi connectivity index (χ1n) is 11.5. The number of fused-ring (bicyclic) bond motifs is 1. The highest BCUT2D eigenvalue weighted by molar-refractivity contribution is 5.98. The van der Waals surface area contributed by atoms with Gasteiger partial charge < -0.3 is 24.7 Å². The van der Waals surface area contributed by atoms with Crippen LogP contribution < -0.4 is 0 Å². The number of carbonyl (C=O) groups excluding carboxylic acids is 2. The molecule has 174 valence electrons. The smallest absolute Gasteiger partial charge is 0.310 e. The van der Waals surface area contributed by atoms with Gasteiger partial charge in [-0.25, -0.2) is 0 Å². The first-order chi connectivity index (χ1) is 14.8. The molecule has 3 heterocycles. The number of hydrogen-bond acceptors (Lipinski definition) is 5. The van der Waals surface area contributed by atoms with E-state index in [0.717, 1.165) is 19.3 Å². The van der Waals surface area contributed by atoms with E-state index < -0.39 is 35.0 Å². The lowest BCUT2D eigenvalue weighted by Gasteiger charge is -2.37. The van der Waals surface area contributed by atoms with E-state index in [1.165, 1.54) is 0 Å². The summed E-state index contributed by atoms with van der Waals surface area (Å²) in [4.78, 5) is 42.8. The largest absolute Gasteiger partial charge is 0.481 e. The number of aliphatic hydroxyl groups is 1. The van der Waals surface area contributed by atoms with Crippen molar-refractivity contribution in [1.29, 1.82) is 0 Å². The fourth-order valence-corrected chi connectivity index (χ4v) is 5.89. The number of ether oxygens (including phenoxy) is 1. The minimum absolute atomic E-state index is 0.00113. The molecule has 0 radical (unpaired) electrons. The normalized spacial score (nSPS) is 33.6. The van der Waals surface area contributed by atoms with Crippen LogP contribution in [0.3, 0.4) is 0 Å². The minimum atomic E-state index is -1.10. The fraction of sp³-hybridized carbons (Fsp3) is 0.783. The predicted octanol–water partition coefficient (Wildman–Crippen LogP) is 1.81. The van der Waals surface area contributed by atoms with E-state index in [2.05, 4.69) is 13.5 Å². The van der Waals surface area contributed by atoms with Crippen molar-refractivity contribution in [2.75, 3.05) is 26.2 Å². The van der Waals surface area contributed by atoms with Gasteiger partial charge in [-0.05, 0) is 39.0 Å². The molecule has 3 aliphatic rings. The molecule has 0 saturated carbocycles. The van der Waals surface area contributed by atoms with Crippen molar-refractivity contribution in [2.24, 2.45) is 11.8 Å². The summed E-state index contributed by atoms with van der Waals surface area (Å²) in [6.45, 7) is 8.87. The summed E-state index contributed by atoms with van der Waals surface area (Å²) in [7, 11) is 0. The Morgan fingerprint density at radius 1 is 1.29 bits per heavy atom. The van der Waals surface area contributed by atoms with Crippen molar-refractivity contribution in [3.63, 3.8) is 0 Å². The molecular weight excluding hydrogens is 400 g/mol. The van der Waals surface area contributed by atoms with Crippen molar-refractivity contribution < 1.29 is 29.3 Å². The average Bonchev–Trinajstić information content (AvgIpc) is 3.28. The molecule has 1 spiro atoms. The van der Waals surface area contributed by atoms with Crippen molar-refractivity contribution >= 4 is 17.8 Å². The summed E-state index contributed by atoms with van der Waals surface area (Å²) in [6.07, 6.45) is 6.62. The predicted molar refractivity (Wildman–Crippen MR) is 114 cm³/mol. The molecule has 3 rings (SSSR count). The molecule has 2 unspecified atom stereocenters. The van der Waals surface area contributed by atoms with Crippen molar-refractivity contribution in [2.45, 2.75) is 76.0 Å². The fourth-order valence-electron chi connectivity index (χ4n) is 5.89. The SMILES string of the molecule is C=CCN(CCCCC)C(=O)C1N(CCCCO)C(=O)[C@@H]2[C@H](C(=O)O)[C@]3(C)CCC12O3. The molecule has 3 aliphatic heterocycles. The van der Waals surface area contributed by atoms with Crippen LogP contribution in [0.5, 0.6) is 0 Å². The highest BCUT2D eigenvalue weighted by Crippen LogP contribution is 2.63. The van der Waals surface area contributed by atoms with Crippen LogP contribution in [-0.2, 0) is 19.1 Å². The molecule has 0 aromatic carbocycles. The first-order valence-corrected chi connectivity index (χ1v) is 11.5. The molecule has 2 N–H and O–H groups in total. The van der Waals surface area contributed by atoms with Gasteiger partial charge in [0, 0.05) is 26.2 Å². The number of unbranched alkanes of at least 4 members (excludes halogenated alkanes) is 3. The number of carboxylic acid groups (broad SMARTS) is 1. The average molecular weight is 437 g/mol. The number of carbonyl (C=O) groups is 3. The van der Waals surface area contributed by atoms with Gasteiger partial charge in [-0.1, -0.05) is 25.8 Å². The Morgan fingerprint density at radius 3 is 2.65 bits per heavy atom. The minimum Gasteiger partial charge on any atom is -0.481 e. The van der Waals surface area contributed by atoms with Gasteiger partial charge in [-0.15, -0.1) is 6.58 Å². The van der Waals surface area contributed by atoms with Gasteiger partial charge in [0.25, 0.3) is 0 Å². The van der Waals surface area contributed by atoms with E-state index >= 15 is 0 Å². The third-order valence-electron chi connectivity index (χ3n) is 7.28. The number of rotatable bonds is 12. The van der Waals surface area contributed by atoms with Crippen LogP contribution in [0.25, 0.3) is 0 Å². The number of nitrogens with zero attached hydrogens (tertiary/aromatic N) is 2. The van der Waals surface area contributed by atoms with Gasteiger partial charge >= 0.3 is 5.97 Å². The third-order valence-corrected chi connectivity index (χ3v) is 7.28. The molecule has 31 heavy (non-hydrogen) atoms. The summed E-state index contributed by atoms with van der Waals surface area (Å²) in [5.74, 6) is -3.35. The topological polar surface area (TPSA) is 107 Å². The van der Waals surface area contributed by atoms with Crippen LogP contribution in [0.4, 0.5) is 0 Å². The highest BCUT2D eigenvalue weighted by atomic mass is 16.5. The van der Waals surface area contributed by atoms with E-state index in [1.54, 1.807) is 22.8 Å². The van der Waals surface area contributed by atoms with Gasteiger partial charge in [0.15, 0.2) is 0 Å². The van der Waals surface area contributed by atoms with E-state index in [1.807, 2.05) is 0 Å². The van der Waals surface area contributed by atoms with E-state index in [-0.39, 0.29) is 18.4 Å². The van der Waals surface area contributed by atoms with Crippen LogP contribution in [0.15, 0.2) is 12.7 Å². The highest BCUT2D eigenvalue weighted by Gasteiger charge is 2.78. The number of carboxylic acids is 1. The lowest BCUT2D eigenvalue weighted by atomic mass is 9.66. The van der Waals surface area contributed by atoms with E-state index in [9.17, 15) is 24.6 Å². The van der Waals surface area contributed by atoms with E-state index in [0.29, 0.717) is 45.3 Å². The lowest BCUT2D eigenvalue weighted by Crippen LogP contribution is -2.56. The Labute approximate surface area is 184 Å². The Hall–Kier alpha value is -1.93. The number of aliphatic carboxylic acids is 1. The number of aliphatic hydroxyl groups excluding tert-OH is 1. The molecule has 0 aromatic rings. The summed E-state index contributed by atoms with van der Waals surface area (Å²) in [5.41, 5.74) is -2.04. The second kappa shape index (κ2) is 9.28. The van der Waals surface area contributed by atoms with Crippen LogP contribution in [0, 0.1) is 11.8 Å². The van der Waals surface area contributed by atoms with Gasteiger partial charge in [0.1, 0.15) is 11.6 Å². The van der Waals surface area contributed by atoms with Gasteiger partial charge in [-0.3, -0.25) is 14.4 Å².